The molecule has 1 amide bonds. The van der Waals surface area contributed by atoms with Crippen molar-refractivity contribution in [2.45, 2.75) is 50.9 Å². The van der Waals surface area contributed by atoms with Gasteiger partial charge in [-0.15, -0.1) is 5.10 Å². The summed E-state index contributed by atoms with van der Waals surface area (Å²) >= 11 is 0. The van der Waals surface area contributed by atoms with Crippen molar-refractivity contribution in [2.75, 3.05) is 13.1 Å². The Hall–Kier alpha value is -1.47. The zero-order chi connectivity index (χ0) is 13.9. The predicted molar refractivity (Wildman–Crippen MR) is 73.7 cm³/mol. The summed E-state index contributed by atoms with van der Waals surface area (Å²) in [7, 11) is 0. The van der Waals surface area contributed by atoms with Crippen molar-refractivity contribution >= 4 is 5.91 Å². The molecule has 0 saturated carbocycles. The maximum absolute atomic E-state index is 12.0. The van der Waals surface area contributed by atoms with Gasteiger partial charge >= 0.3 is 0 Å². The predicted octanol–water partition coefficient (Wildman–Crippen LogP) is -0.520. The van der Waals surface area contributed by atoms with Gasteiger partial charge in [-0.05, 0) is 32.2 Å². The summed E-state index contributed by atoms with van der Waals surface area (Å²) in [4.78, 5) is 14.6. The third kappa shape index (κ3) is 2.99. The van der Waals surface area contributed by atoms with Crippen LogP contribution in [0.15, 0.2) is 6.20 Å². The van der Waals surface area contributed by atoms with E-state index < -0.39 is 0 Å². The second-order valence-electron chi connectivity index (χ2n) is 5.73. The van der Waals surface area contributed by atoms with E-state index in [0.29, 0.717) is 24.3 Å². The Morgan fingerprint density at radius 2 is 2.35 bits per heavy atom. The number of nitrogens with one attached hydrogen (secondary N) is 1. The number of aromatic nitrogens is 3. The second kappa shape index (κ2) is 5.88. The first-order valence-corrected chi connectivity index (χ1v) is 7.37. The Morgan fingerprint density at radius 1 is 1.45 bits per heavy atom. The van der Waals surface area contributed by atoms with Crippen LogP contribution in [0.4, 0.5) is 0 Å². The molecular formula is C13H22N6O. The Labute approximate surface area is 118 Å². The molecule has 7 nitrogen and oxygen atoms in total. The lowest BCUT2D eigenvalue weighted by atomic mass is 9.97. The quantitative estimate of drug-likeness (QED) is 0.773. The van der Waals surface area contributed by atoms with Crippen LogP contribution >= 0.6 is 0 Å². The van der Waals surface area contributed by atoms with Crippen LogP contribution in [-0.2, 0) is 17.9 Å². The average molecular weight is 278 g/mol. The SMILES string of the molecule is NCc1cn(CC(=O)NC2CCN3CCCC3C2)nn1. The molecule has 3 rings (SSSR count). The van der Waals surface area contributed by atoms with Gasteiger partial charge in [0.05, 0.1) is 11.9 Å². The lowest BCUT2D eigenvalue weighted by Crippen LogP contribution is -2.48. The first kappa shape index (κ1) is 13.5. The minimum absolute atomic E-state index is 0.00918. The fourth-order valence-corrected chi connectivity index (χ4v) is 3.29. The molecular weight excluding hydrogens is 256 g/mol. The van der Waals surface area contributed by atoms with E-state index in [-0.39, 0.29) is 12.5 Å². The first-order chi connectivity index (χ1) is 9.74. The molecule has 1 aromatic rings. The van der Waals surface area contributed by atoms with Gasteiger partial charge in [0, 0.05) is 25.2 Å². The molecule has 2 atom stereocenters. The number of amides is 1. The van der Waals surface area contributed by atoms with Crippen molar-refractivity contribution in [3.63, 3.8) is 0 Å². The average Bonchev–Trinajstić information content (AvgIpc) is 3.06. The molecule has 0 aliphatic carbocycles. The van der Waals surface area contributed by atoms with Crippen LogP contribution in [0.2, 0.25) is 0 Å². The summed E-state index contributed by atoms with van der Waals surface area (Å²) in [6.45, 7) is 2.90. The number of carbonyl (C=O) groups is 1. The third-order valence-corrected chi connectivity index (χ3v) is 4.29. The van der Waals surface area contributed by atoms with Crippen LogP contribution in [-0.4, -0.2) is 51.0 Å². The molecule has 2 unspecified atom stereocenters. The number of rotatable bonds is 4. The molecule has 2 saturated heterocycles. The highest BCUT2D eigenvalue weighted by atomic mass is 16.2. The van der Waals surface area contributed by atoms with Gasteiger partial charge in [0.2, 0.25) is 5.91 Å². The van der Waals surface area contributed by atoms with Crippen LogP contribution < -0.4 is 11.1 Å². The van der Waals surface area contributed by atoms with Gasteiger partial charge < -0.3 is 16.0 Å². The number of hydrogen-bond donors (Lipinski definition) is 2. The van der Waals surface area contributed by atoms with Gasteiger partial charge in [0.1, 0.15) is 6.54 Å². The lowest BCUT2D eigenvalue weighted by Gasteiger charge is -2.35. The number of fused-ring (bicyclic) bond motifs is 1. The highest BCUT2D eigenvalue weighted by Gasteiger charge is 2.32. The van der Waals surface area contributed by atoms with Crippen LogP contribution in [0.5, 0.6) is 0 Å². The molecule has 110 valence electrons. The zero-order valence-electron chi connectivity index (χ0n) is 11.7. The van der Waals surface area contributed by atoms with Gasteiger partial charge in [-0.2, -0.15) is 0 Å². The number of nitrogens with zero attached hydrogens (tertiary/aromatic N) is 4. The molecule has 3 N–H and O–H groups in total. The third-order valence-electron chi connectivity index (χ3n) is 4.29. The minimum Gasteiger partial charge on any atom is -0.352 e. The van der Waals surface area contributed by atoms with E-state index >= 15 is 0 Å². The first-order valence-electron chi connectivity index (χ1n) is 7.37. The lowest BCUT2D eigenvalue weighted by molar-refractivity contribution is -0.123. The Balaban J connectivity index is 1.49. The second-order valence-corrected chi connectivity index (χ2v) is 5.73. The van der Waals surface area contributed by atoms with Crippen molar-refractivity contribution in [2.24, 2.45) is 5.73 Å². The Morgan fingerprint density at radius 3 is 3.15 bits per heavy atom. The largest absolute Gasteiger partial charge is 0.352 e. The van der Waals surface area contributed by atoms with Crippen molar-refractivity contribution in [1.82, 2.24) is 25.2 Å². The zero-order valence-corrected chi connectivity index (χ0v) is 11.7. The molecule has 2 aliphatic heterocycles. The Bertz CT molecular complexity index is 473. The van der Waals surface area contributed by atoms with Crippen LogP contribution in [0, 0.1) is 0 Å². The fraction of sp³-hybridized carbons (Fsp3) is 0.769. The standard InChI is InChI=1S/C13H22N6O/c14-7-11-8-19(17-16-11)9-13(20)15-10-3-5-18-4-1-2-12(18)6-10/h8,10,12H,1-7,9,14H2,(H,15,20). The van der Waals surface area contributed by atoms with E-state index in [2.05, 4.69) is 20.5 Å². The molecule has 20 heavy (non-hydrogen) atoms. The molecule has 1 aromatic heterocycles. The van der Waals surface area contributed by atoms with E-state index in [1.165, 1.54) is 19.4 Å². The smallest absolute Gasteiger partial charge is 0.242 e. The van der Waals surface area contributed by atoms with E-state index in [4.69, 9.17) is 5.73 Å². The van der Waals surface area contributed by atoms with Gasteiger partial charge in [-0.25, -0.2) is 4.68 Å². The van der Waals surface area contributed by atoms with E-state index in [1.807, 2.05) is 0 Å². The summed E-state index contributed by atoms with van der Waals surface area (Å²) in [5.74, 6) is 0.00918. The number of hydrogen-bond acceptors (Lipinski definition) is 5. The van der Waals surface area contributed by atoms with Gasteiger partial charge in [0.25, 0.3) is 0 Å². The normalized spacial score (nSPS) is 26.4. The van der Waals surface area contributed by atoms with Crippen molar-refractivity contribution < 1.29 is 4.79 Å². The summed E-state index contributed by atoms with van der Waals surface area (Å²) in [6, 6.07) is 0.976. The van der Waals surface area contributed by atoms with E-state index in [1.54, 1.807) is 10.9 Å². The molecule has 0 radical (unpaired) electrons. The number of piperidine rings is 1. The molecule has 0 aromatic carbocycles. The van der Waals surface area contributed by atoms with Gasteiger partial charge in [-0.1, -0.05) is 5.21 Å². The highest BCUT2D eigenvalue weighted by Crippen LogP contribution is 2.26. The maximum atomic E-state index is 12.0. The van der Waals surface area contributed by atoms with Crippen molar-refractivity contribution in [3.8, 4) is 0 Å². The molecule has 2 aliphatic rings. The van der Waals surface area contributed by atoms with E-state index in [0.717, 1.165) is 19.4 Å². The maximum Gasteiger partial charge on any atom is 0.242 e. The molecule has 0 bridgehead atoms. The molecule has 0 spiro atoms. The molecule has 2 fully saturated rings. The minimum atomic E-state index is 0.00918. The summed E-state index contributed by atoms with van der Waals surface area (Å²) in [5.41, 5.74) is 6.18. The molecule has 7 heteroatoms. The molecule has 3 heterocycles. The summed E-state index contributed by atoms with van der Waals surface area (Å²) < 4.78 is 1.54. The van der Waals surface area contributed by atoms with Gasteiger partial charge in [-0.3, -0.25) is 4.79 Å². The Kier molecular flexibility index (Phi) is 3.98. The van der Waals surface area contributed by atoms with Crippen LogP contribution in [0.3, 0.4) is 0 Å². The summed E-state index contributed by atoms with van der Waals surface area (Å²) in [6.07, 6.45) is 6.42. The van der Waals surface area contributed by atoms with Crippen LogP contribution in [0.25, 0.3) is 0 Å². The highest BCUT2D eigenvalue weighted by molar-refractivity contribution is 5.75. The number of carbonyl (C=O) groups excluding carboxylic acids is 1. The van der Waals surface area contributed by atoms with Crippen LogP contribution in [0.1, 0.15) is 31.4 Å². The topological polar surface area (TPSA) is 89.1 Å². The monoisotopic (exact) mass is 278 g/mol. The van der Waals surface area contributed by atoms with E-state index in [9.17, 15) is 4.79 Å². The van der Waals surface area contributed by atoms with Crippen molar-refractivity contribution in [3.05, 3.63) is 11.9 Å². The van der Waals surface area contributed by atoms with Crippen molar-refractivity contribution in [1.29, 1.82) is 0 Å². The fourth-order valence-electron chi connectivity index (χ4n) is 3.29. The number of nitrogens with two attached hydrogens (primary N) is 1. The summed E-state index contributed by atoms with van der Waals surface area (Å²) in [5, 5.41) is 10.9. The van der Waals surface area contributed by atoms with Gasteiger partial charge in [0.15, 0.2) is 0 Å².